The summed E-state index contributed by atoms with van der Waals surface area (Å²) >= 11 is 0. The minimum Gasteiger partial charge on any atom is -0.508 e. The van der Waals surface area contributed by atoms with E-state index in [1.54, 1.807) is 18.2 Å². The van der Waals surface area contributed by atoms with Crippen LogP contribution in [-0.4, -0.2) is 10.2 Å². The van der Waals surface area contributed by atoms with Crippen LogP contribution in [0.3, 0.4) is 0 Å². The third-order valence-corrected chi connectivity index (χ3v) is 2.84. The highest BCUT2D eigenvalue weighted by molar-refractivity contribution is 5.32. The van der Waals surface area contributed by atoms with Crippen LogP contribution in [-0.2, 0) is 12.8 Å². The molecule has 0 aliphatic carbocycles. The number of benzene rings is 2. The van der Waals surface area contributed by atoms with E-state index in [0.29, 0.717) is 11.5 Å². The average Bonchev–Trinajstić information content (AvgIpc) is 2.34. The van der Waals surface area contributed by atoms with Crippen LogP contribution >= 0.6 is 0 Å². The molecule has 88 valence electrons. The van der Waals surface area contributed by atoms with Crippen molar-refractivity contribution in [2.75, 3.05) is 0 Å². The smallest absolute Gasteiger partial charge is 0.118 e. The van der Waals surface area contributed by atoms with Crippen molar-refractivity contribution in [1.82, 2.24) is 0 Å². The quantitative estimate of drug-likeness (QED) is 0.843. The SMILES string of the molecule is Oc1ccc(CCCc2ccccc2O)cc1. The van der Waals surface area contributed by atoms with Crippen LogP contribution in [0.1, 0.15) is 17.5 Å². The predicted octanol–water partition coefficient (Wildman–Crippen LogP) is 3.27. The van der Waals surface area contributed by atoms with Gasteiger partial charge in [-0.05, 0) is 48.6 Å². The van der Waals surface area contributed by atoms with Gasteiger partial charge in [-0.25, -0.2) is 0 Å². The minimum absolute atomic E-state index is 0.300. The van der Waals surface area contributed by atoms with E-state index < -0.39 is 0 Å². The van der Waals surface area contributed by atoms with Crippen LogP contribution < -0.4 is 0 Å². The second-order valence-corrected chi connectivity index (χ2v) is 4.15. The van der Waals surface area contributed by atoms with E-state index >= 15 is 0 Å². The number of phenols is 2. The Morgan fingerprint density at radius 2 is 1.47 bits per heavy atom. The van der Waals surface area contributed by atoms with Gasteiger partial charge in [0.05, 0.1) is 0 Å². The van der Waals surface area contributed by atoms with Crippen LogP contribution in [0.4, 0.5) is 0 Å². The maximum atomic E-state index is 9.61. The molecular formula is C15H16O2. The summed E-state index contributed by atoms with van der Waals surface area (Å²) in [6.45, 7) is 0. The predicted molar refractivity (Wildman–Crippen MR) is 68.2 cm³/mol. The lowest BCUT2D eigenvalue weighted by Crippen LogP contribution is -1.90. The molecular weight excluding hydrogens is 212 g/mol. The highest BCUT2D eigenvalue weighted by Crippen LogP contribution is 2.18. The zero-order valence-corrected chi connectivity index (χ0v) is 9.63. The van der Waals surface area contributed by atoms with Crippen LogP contribution in [0.2, 0.25) is 0 Å². The fraction of sp³-hybridized carbons (Fsp3) is 0.200. The van der Waals surface area contributed by atoms with Crippen LogP contribution in [0, 0.1) is 0 Å². The molecule has 0 unspecified atom stereocenters. The molecule has 0 atom stereocenters. The first-order valence-corrected chi connectivity index (χ1v) is 5.80. The minimum atomic E-state index is 0.300. The molecule has 2 aromatic carbocycles. The van der Waals surface area contributed by atoms with Gasteiger partial charge in [-0.3, -0.25) is 0 Å². The number of phenolic OH excluding ortho intramolecular Hbond substituents is 2. The van der Waals surface area contributed by atoms with Crippen LogP contribution in [0.25, 0.3) is 0 Å². The molecule has 0 amide bonds. The lowest BCUT2D eigenvalue weighted by molar-refractivity contribution is 0.467. The zero-order chi connectivity index (χ0) is 12.1. The van der Waals surface area contributed by atoms with Crippen LogP contribution in [0.5, 0.6) is 11.5 Å². The molecule has 0 heterocycles. The summed E-state index contributed by atoms with van der Waals surface area (Å²) in [7, 11) is 0. The van der Waals surface area contributed by atoms with Crippen molar-refractivity contribution in [3.05, 3.63) is 59.7 Å². The summed E-state index contributed by atoms with van der Waals surface area (Å²) in [5.74, 6) is 0.674. The fourth-order valence-electron chi connectivity index (χ4n) is 1.87. The molecule has 0 fully saturated rings. The third kappa shape index (κ3) is 3.25. The number of aryl methyl sites for hydroxylation is 2. The second kappa shape index (κ2) is 5.39. The summed E-state index contributed by atoms with van der Waals surface area (Å²) in [5, 5.41) is 18.8. The molecule has 0 spiro atoms. The first kappa shape index (κ1) is 11.5. The molecule has 0 saturated heterocycles. The summed E-state index contributed by atoms with van der Waals surface area (Å²) in [5.41, 5.74) is 2.20. The van der Waals surface area contributed by atoms with E-state index in [4.69, 9.17) is 5.11 Å². The Balaban J connectivity index is 1.88. The molecule has 2 aromatic rings. The second-order valence-electron chi connectivity index (χ2n) is 4.15. The zero-order valence-electron chi connectivity index (χ0n) is 9.63. The normalized spacial score (nSPS) is 10.4. The Bertz CT molecular complexity index is 475. The van der Waals surface area contributed by atoms with Crippen molar-refractivity contribution in [2.24, 2.45) is 0 Å². The maximum absolute atomic E-state index is 9.61. The highest BCUT2D eigenvalue weighted by atomic mass is 16.3. The van der Waals surface area contributed by atoms with Crippen molar-refractivity contribution < 1.29 is 10.2 Å². The molecule has 0 saturated carbocycles. The number of rotatable bonds is 4. The van der Waals surface area contributed by atoms with Crippen molar-refractivity contribution in [1.29, 1.82) is 0 Å². The van der Waals surface area contributed by atoms with Crippen molar-refractivity contribution in [3.63, 3.8) is 0 Å². The standard InChI is InChI=1S/C15H16O2/c16-14-10-8-12(9-11-14)4-3-6-13-5-1-2-7-15(13)17/h1-2,5,7-11,16-17H,3-4,6H2. The Morgan fingerprint density at radius 1 is 0.765 bits per heavy atom. The number of hydrogen-bond donors (Lipinski definition) is 2. The molecule has 0 aliphatic rings. The summed E-state index contributed by atoms with van der Waals surface area (Å²) in [4.78, 5) is 0. The van der Waals surface area contributed by atoms with E-state index in [1.807, 2.05) is 30.3 Å². The lowest BCUT2D eigenvalue weighted by Gasteiger charge is -2.04. The fourth-order valence-corrected chi connectivity index (χ4v) is 1.87. The summed E-state index contributed by atoms with van der Waals surface area (Å²) in [6, 6.07) is 14.7. The van der Waals surface area contributed by atoms with Crippen LogP contribution in [0.15, 0.2) is 48.5 Å². The van der Waals surface area contributed by atoms with E-state index in [1.165, 1.54) is 5.56 Å². The Kier molecular flexibility index (Phi) is 3.66. The van der Waals surface area contributed by atoms with Crippen molar-refractivity contribution in [2.45, 2.75) is 19.3 Å². The molecule has 0 aromatic heterocycles. The lowest BCUT2D eigenvalue weighted by atomic mass is 10.0. The van der Waals surface area contributed by atoms with Gasteiger partial charge in [-0.15, -0.1) is 0 Å². The van der Waals surface area contributed by atoms with Gasteiger partial charge < -0.3 is 10.2 Å². The van der Waals surface area contributed by atoms with E-state index in [9.17, 15) is 5.11 Å². The molecule has 2 nitrogen and oxygen atoms in total. The molecule has 0 radical (unpaired) electrons. The third-order valence-electron chi connectivity index (χ3n) is 2.84. The van der Waals surface area contributed by atoms with E-state index in [-0.39, 0.29) is 0 Å². The number of aromatic hydroxyl groups is 2. The molecule has 2 rings (SSSR count). The molecule has 2 heteroatoms. The Labute approximate surface area is 101 Å². The van der Waals surface area contributed by atoms with Gasteiger partial charge in [-0.2, -0.15) is 0 Å². The Hall–Kier alpha value is -1.96. The van der Waals surface area contributed by atoms with E-state index in [0.717, 1.165) is 24.8 Å². The van der Waals surface area contributed by atoms with Gasteiger partial charge in [0.2, 0.25) is 0 Å². The summed E-state index contributed by atoms with van der Waals surface area (Å²) < 4.78 is 0. The van der Waals surface area contributed by atoms with Gasteiger partial charge in [0.1, 0.15) is 11.5 Å². The maximum Gasteiger partial charge on any atom is 0.118 e. The van der Waals surface area contributed by atoms with Crippen molar-refractivity contribution >= 4 is 0 Å². The van der Waals surface area contributed by atoms with Crippen molar-refractivity contribution in [3.8, 4) is 11.5 Å². The average molecular weight is 228 g/mol. The molecule has 2 N–H and O–H groups in total. The molecule has 0 aliphatic heterocycles. The molecule has 17 heavy (non-hydrogen) atoms. The van der Waals surface area contributed by atoms with Gasteiger partial charge in [0.15, 0.2) is 0 Å². The summed E-state index contributed by atoms with van der Waals surface area (Å²) in [6.07, 6.45) is 2.81. The van der Waals surface area contributed by atoms with Gasteiger partial charge in [-0.1, -0.05) is 30.3 Å². The molecule has 0 bridgehead atoms. The monoisotopic (exact) mass is 228 g/mol. The highest BCUT2D eigenvalue weighted by Gasteiger charge is 2.00. The van der Waals surface area contributed by atoms with Gasteiger partial charge in [0.25, 0.3) is 0 Å². The first-order valence-electron chi connectivity index (χ1n) is 5.80. The largest absolute Gasteiger partial charge is 0.508 e. The topological polar surface area (TPSA) is 40.5 Å². The first-order chi connectivity index (χ1) is 8.25. The van der Waals surface area contributed by atoms with E-state index in [2.05, 4.69) is 0 Å². The Morgan fingerprint density at radius 3 is 2.18 bits per heavy atom. The van der Waals surface area contributed by atoms with Gasteiger partial charge in [0, 0.05) is 0 Å². The number of para-hydroxylation sites is 1. The number of hydrogen-bond acceptors (Lipinski definition) is 2. The van der Waals surface area contributed by atoms with Gasteiger partial charge >= 0.3 is 0 Å².